The molecule has 24 heavy (non-hydrogen) atoms. The molecule has 0 unspecified atom stereocenters. The third-order valence-corrected chi connectivity index (χ3v) is 4.40. The summed E-state index contributed by atoms with van der Waals surface area (Å²) in [5.41, 5.74) is 2.69. The number of rotatable bonds is 5. The van der Waals surface area contributed by atoms with Crippen molar-refractivity contribution >= 4 is 11.6 Å². The van der Waals surface area contributed by atoms with Crippen molar-refractivity contribution in [3.63, 3.8) is 0 Å². The number of nitrogens with one attached hydrogen (secondary N) is 1. The number of hydrogen-bond donors (Lipinski definition) is 1. The molecule has 1 heterocycles. The summed E-state index contributed by atoms with van der Waals surface area (Å²) in [5.74, 6) is 0.553. The van der Waals surface area contributed by atoms with Crippen molar-refractivity contribution in [2.45, 2.75) is 25.8 Å². The molecule has 2 aromatic carbocycles. The molecule has 1 N–H and O–H groups in total. The second-order valence-electron chi connectivity index (χ2n) is 6.22. The molecule has 0 aromatic heterocycles. The van der Waals surface area contributed by atoms with Crippen molar-refractivity contribution in [1.29, 1.82) is 0 Å². The Labute approximate surface area is 143 Å². The summed E-state index contributed by atoms with van der Waals surface area (Å²) >= 11 is 0. The molecular weight excluding hydrogens is 300 g/mol. The van der Waals surface area contributed by atoms with Crippen LogP contribution < -0.4 is 10.1 Å². The lowest BCUT2D eigenvalue weighted by molar-refractivity contribution is 0.102. The Bertz CT molecular complexity index is 676. The summed E-state index contributed by atoms with van der Waals surface area (Å²) in [6.45, 7) is 3.37. The van der Waals surface area contributed by atoms with Crippen molar-refractivity contribution in [3.05, 3.63) is 59.7 Å². The summed E-state index contributed by atoms with van der Waals surface area (Å²) < 4.78 is 5.16. The zero-order valence-electron chi connectivity index (χ0n) is 14.1. The normalized spacial score (nSPS) is 15.0. The number of amides is 1. The highest BCUT2D eigenvalue weighted by Crippen LogP contribution is 2.17. The van der Waals surface area contributed by atoms with Gasteiger partial charge in [-0.15, -0.1) is 0 Å². The number of piperidine rings is 1. The average Bonchev–Trinajstić information content (AvgIpc) is 2.64. The fourth-order valence-electron chi connectivity index (χ4n) is 3.04. The van der Waals surface area contributed by atoms with Crippen LogP contribution in [-0.2, 0) is 6.54 Å². The van der Waals surface area contributed by atoms with Crippen molar-refractivity contribution in [1.82, 2.24) is 4.90 Å². The van der Waals surface area contributed by atoms with E-state index in [-0.39, 0.29) is 5.91 Å². The molecule has 1 aliphatic rings. The lowest BCUT2D eigenvalue weighted by Crippen LogP contribution is -2.29. The number of ether oxygens (including phenoxy) is 1. The molecule has 1 fully saturated rings. The number of likely N-dealkylation sites (tertiary alicyclic amines) is 1. The van der Waals surface area contributed by atoms with Gasteiger partial charge >= 0.3 is 0 Å². The largest absolute Gasteiger partial charge is 0.497 e. The molecule has 3 rings (SSSR count). The standard InChI is InChI=1S/C20H24N2O2/c1-24-19-7-5-6-17(14-19)20(23)21-18-10-8-16(9-11-18)15-22-12-3-2-4-13-22/h5-11,14H,2-4,12-13,15H2,1H3,(H,21,23). The molecule has 1 amide bonds. The van der Waals surface area contributed by atoms with Crippen molar-refractivity contribution in [2.75, 3.05) is 25.5 Å². The van der Waals surface area contributed by atoms with Gasteiger partial charge in [0.15, 0.2) is 0 Å². The van der Waals surface area contributed by atoms with Crippen molar-refractivity contribution in [2.24, 2.45) is 0 Å². The lowest BCUT2D eigenvalue weighted by Gasteiger charge is -2.26. The first-order valence-corrected chi connectivity index (χ1v) is 8.51. The highest BCUT2D eigenvalue weighted by atomic mass is 16.5. The molecule has 1 aliphatic heterocycles. The number of nitrogens with zero attached hydrogens (tertiary/aromatic N) is 1. The second-order valence-corrected chi connectivity index (χ2v) is 6.22. The maximum Gasteiger partial charge on any atom is 0.255 e. The Morgan fingerprint density at radius 1 is 1.08 bits per heavy atom. The van der Waals surface area contributed by atoms with Gasteiger partial charge in [0.25, 0.3) is 5.91 Å². The van der Waals surface area contributed by atoms with Crippen molar-refractivity contribution < 1.29 is 9.53 Å². The number of carbonyl (C=O) groups is 1. The zero-order chi connectivity index (χ0) is 16.8. The van der Waals surface area contributed by atoms with E-state index in [9.17, 15) is 4.79 Å². The second kappa shape index (κ2) is 7.97. The first kappa shape index (κ1) is 16.5. The molecule has 2 aromatic rings. The van der Waals surface area contributed by atoms with E-state index in [0.717, 1.165) is 12.2 Å². The number of methoxy groups -OCH3 is 1. The quantitative estimate of drug-likeness (QED) is 0.906. The smallest absolute Gasteiger partial charge is 0.255 e. The first-order valence-electron chi connectivity index (χ1n) is 8.51. The first-order chi connectivity index (χ1) is 11.7. The predicted octanol–water partition coefficient (Wildman–Crippen LogP) is 3.93. The van der Waals surface area contributed by atoms with Crippen LogP contribution in [0.15, 0.2) is 48.5 Å². The molecule has 0 aliphatic carbocycles. The molecule has 0 saturated carbocycles. The highest BCUT2D eigenvalue weighted by molar-refractivity contribution is 6.04. The molecule has 4 heteroatoms. The minimum Gasteiger partial charge on any atom is -0.497 e. The third kappa shape index (κ3) is 4.36. The van der Waals surface area contributed by atoms with E-state index in [4.69, 9.17) is 4.74 Å². The molecule has 1 saturated heterocycles. The SMILES string of the molecule is COc1cccc(C(=O)Nc2ccc(CN3CCCCC3)cc2)c1. The molecule has 0 atom stereocenters. The number of anilines is 1. The van der Waals surface area contributed by atoms with Gasteiger partial charge in [0.2, 0.25) is 0 Å². The Balaban J connectivity index is 1.59. The van der Waals surface area contributed by atoms with Crippen LogP contribution >= 0.6 is 0 Å². The van der Waals surface area contributed by atoms with Gasteiger partial charge in [-0.05, 0) is 61.8 Å². The fraction of sp³-hybridized carbons (Fsp3) is 0.350. The summed E-state index contributed by atoms with van der Waals surface area (Å²) in [7, 11) is 1.60. The molecule has 0 radical (unpaired) electrons. The molecule has 126 valence electrons. The van der Waals surface area contributed by atoms with Crippen LogP contribution in [0.1, 0.15) is 35.2 Å². The number of benzene rings is 2. The Kier molecular flexibility index (Phi) is 5.49. The van der Waals surface area contributed by atoms with Gasteiger partial charge in [0, 0.05) is 17.8 Å². The van der Waals surface area contributed by atoms with Gasteiger partial charge in [-0.25, -0.2) is 0 Å². The van der Waals surface area contributed by atoms with Crippen LogP contribution in [0.2, 0.25) is 0 Å². The van der Waals surface area contributed by atoms with Crippen LogP contribution in [0.25, 0.3) is 0 Å². The monoisotopic (exact) mass is 324 g/mol. The van der Waals surface area contributed by atoms with E-state index in [1.54, 1.807) is 19.2 Å². The minimum atomic E-state index is -0.127. The van der Waals surface area contributed by atoms with E-state index in [0.29, 0.717) is 11.3 Å². The fourth-order valence-corrected chi connectivity index (χ4v) is 3.04. The van der Waals surface area contributed by atoms with Crippen LogP contribution in [0.5, 0.6) is 5.75 Å². The zero-order valence-corrected chi connectivity index (χ0v) is 14.1. The van der Waals surface area contributed by atoms with Gasteiger partial charge in [-0.1, -0.05) is 24.6 Å². The highest BCUT2D eigenvalue weighted by Gasteiger charge is 2.11. The summed E-state index contributed by atoms with van der Waals surface area (Å²) in [6, 6.07) is 15.3. The summed E-state index contributed by atoms with van der Waals surface area (Å²) in [6.07, 6.45) is 3.95. The van der Waals surface area contributed by atoms with Crippen LogP contribution in [-0.4, -0.2) is 31.0 Å². The Hall–Kier alpha value is -2.33. The number of hydrogen-bond acceptors (Lipinski definition) is 3. The van der Waals surface area contributed by atoms with E-state index >= 15 is 0 Å². The Morgan fingerprint density at radius 2 is 1.83 bits per heavy atom. The maximum absolute atomic E-state index is 12.3. The predicted molar refractivity (Wildman–Crippen MR) is 96.5 cm³/mol. The minimum absolute atomic E-state index is 0.127. The van der Waals surface area contributed by atoms with E-state index in [1.165, 1.54) is 37.9 Å². The Morgan fingerprint density at radius 3 is 2.54 bits per heavy atom. The summed E-state index contributed by atoms with van der Waals surface area (Å²) in [4.78, 5) is 14.8. The maximum atomic E-state index is 12.3. The van der Waals surface area contributed by atoms with Gasteiger partial charge in [-0.3, -0.25) is 9.69 Å². The van der Waals surface area contributed by atoms with E-state index in [1.807, 2.05) is 24.3 Å². The molecule has 4 nitrogen and oxygen atoms in total. The van der Waals surface area contributed by atoms with Crippen LogP contribution in [0.4, 0.5) is 5.69 Å². The van der Waals surface area contributed by atoms with Gasteiger partial charge in [0.1, 0.15) is 5.75 Å². The van der Waals surface area contributed by atoms with Crippen molar-refractivity contribution in [3.8, 4) is 5.75 Å². The third-order valence-electron chi connectivity index (χ3n) is 4.40. The molecule has 0 spiro atoms. The topological polar surface area (TPSA) is 41.6 Å². The lowest BCUT2D eigenvalue weighted by atomic mass is 10.1. The van der Waals surface area contributed by atoms with Gasteiger partial charge in [0.05, 0.1) is 7.11 Å². The summed E-state index contributed by atoms with van der Waals surface area (Å²) in [5, 5.41) is 2.93. The van der Waals surface area contributed by atoms with Crippen LogP contribution in [0.3, 0.4) is 0 Å². The van der Waals surface area contributed by atoms with Gasteiger partial charge in [-0.2, -0.15) is 0 Å². The van der Waals surface area contributed by atoms with Gasteiger partial charge < -0.3 is 10.1 Å². The average molecular weight is 324 g/mol. The van der Waals surface area contributed by atoms with E-state index in [2.05, 4.69) is 22.3 Å². The van der Waals surface area contributed by atoms with E-state index < -0.39 is 0 Å². The number of carbonyl (C=O) groups excluding carboxylic acids is 1. The van der Waals surface area contributed by atoms with Crippen LogP contribution in [0, 0.1) is 0 Å². The molecule has 0 bridgehead atoms. The molecular formula is C20H24N2O2.